The average molecular weight is 606 g/mol. The lowest BCUT2D eigenvalue weighted by Gasteiger charge is -2.23. The molecule has 0 aromatic heterocycles. The predicted molar refractivity (Wildman–Crippen MR) is 154 cm³/mol. The standard InChI is InChI=1S/C9H13ClO2.C9H9ClO2.C8H10O4.C2H3Cl/c2*1-6-3-4-7(5-8(6)10)9(11)12-2;1-11-7(9)5-3-4-6-8(10)12-2;1-2-3/h3-4,6-8H,5H2,1-2H3;3-5H,1-2H3;3-6H,1-2H3;2H,1H2/b;;5-3+,6-4+;. The fourth-order valence-corrected chi connectivity index (χ4v) is 2.99. The molecule has 0 radical (unpaired) electrons. The molecule has 0 aliphatic heterocycles. The van der Waals surface area contributed by atoms with E-state index >= 15 is 0 Å². The van der Waals surface area contributed by atoms with E-state index in [-0.39, 0.29) is 23.2 Å². The van der Waals surface area contributed by atoms with Crippen LogP contribution in [-0.4, -0.2) is 57.7 Å². The largest absolute Gasteiger partial charge is 0.469 e. The molecule has 0 spiro atoms. The second-order valence-corrected chi connectivity index (χ2v) is 8.78. The van der Waals surface area contributed by atoms with Gasteiger partial charge >= 0.3 is 23.9 Å². The van der Waals surface area contributed by atoms with Crippen LogP contribution in [0.3, 0.4) is 0 Å². The molecular weight excluding hydrogens is 571 g/mol. The van der Waals surface area contributed by atoms with E-state index < -0.39 is 11.9 Å². The Hall–Kier alpha value is -3.07. The number of alkyl halides is 1. The van der Waals surface area contributed by atoms with Gasteiger partial charge in [-0.1, -0.05) is 67.1 Å². The number of carbonyl (C=O) groups is 4. The third kappa shape index (κ3) is 18.0. The zero-order chi connectivity index (χ0) is 30.4. The predicted octanol–water partition coefficient (Wildman–Crippen LogP) is 6.23. The van der Waals surface area contributed by atoms with Crippen molar-refractivity contribution in [2.24, 2.45) is 11.8 Å². The molecule has 1 aromatic rings. The van der Waals surface area contributed by atoms with E-state index in [1.807, 2.05) is 26.0 Å². The molecule has 2 rings (SSSR count). The topological polar surface area (TPSA) is 105 Å². The summed E-state index contributed by atoms with van der Waals surface area (Å²) in [5.74, 6) is -1.28. The van der Waals surface area contributed by atoms with Crippen molar-refractivity contribution < 1.29 is 38.1 Å². The number of hydrogen-bond acceptors (Lipinski definition) is 8. The smallest absolute Gasteiger partial charge is 0.337 e. The quantitative estimate of drug-likeness (QED) is 0.0972. The Balaban J connectivity index is 0. The number of allylic oxidation sites excluding steroid dienone is 3. The Kier molecular flexibility index (Phi) is 22.3. The summed E-state index contributed by atoms with van der Waals surface area (Å²) in [5, 5.41) is 0.636. The maximum Gasteiger partial charge on any atom is 0.337 e. The van der Waals surface area contributed by atoms with Crippen LogP contribution >= 0.6 is 34.8 Å². The van der Waals surface area contributed by atoms with Crippen LogP contribution < -0.4 is 0 Å². The van der Waals surface area contributed by atoms with E-state index in [1.54, 1.807) is 18.2 Å². The van der Waals surface area contributed by atoms with Crippen LogP contribution in [-0.2, 0) is 33.3 Å². The van der Waals surface area contributed by atoms with Crippen LogP contribution in [0.4, 0.5) is 0 Å². The number of rotatable bonds is 5. The van der Waals surface area contributed by atoms with Crippen molar-refractivity contribution >= 4 is 58.7 Å². The van der Waals surface area contributed by atoms with Gasteiger partial charge in [0, 0.05) is 22.6 Å². The number of hydrogen-bond donors (Lipinski definition) is 0. The molecule has 3 unspecified atom stereocenters. The van der Waals surface area contributed by atoms with E-state index in [0.717, 1.165) is 5.56 Å². The monoisotopic (exact) mass is 604 g/mol. The molecule has 3 atom stereocenters. The highest BCUT2D eigenvalue weighted by atomic mass is 35.5. The number of ether oxygens (including phenoxy) is 4. The summed E-state index contributed by atoms with van der Waals surface area (Å²) >= 11 is 16.6. The highest BCUT2D eigenvalue weighted by Crippen LogP contribution is 2.27. The van der Waals surface area contributed by atoms with Crippen molar-refractivity contribution in [2.45, 2.75) is 25.6 Å². The number of methoxy groups -OCH3 is 4. The molecule has 0 N–H and O–H groups in total. The van der Waals surface area contributed by atoms with Crippen molar-refractivity contribution in [2.75, 3.05) is 28.4 Å². The van der Waals surface area contributed by atoms with Crippen molar-refractivity contribution in [3.05, 3.63) is 82.9 Å². The molecule has 1 aliphatic carbocycles. The van der Waals surface area contributed by atoms with Crippen LogP contribution in [0, 0.1) is 18.8 Å². The zero-order valence-corrected chi connectivity index (χ0v) is 25.1. The Morgan fingerprint density at radius 2 is 1.44 bits per heavy atom. The Labute approximate surface area is 245 Å². The van der Waals surface area contributed by atoms with Gasteiger partial charge < -0.3 is 18.9 Å². The molecule has 1 aliphatic rings. The van der Waals surface area contributed by atoms with Gasteiger partial charge in [0.05, 0.1) is 39.9 Å². The number of aryl methyl sites for hydroxylation is 1. The molecule has 0 saturated heterocycles. The number of halogens is 3. The number of esters is 4. The first-order valence-corrected chi connectivity index (χ1v) is 12.6. The minimum atomic E-state index is -0.468. The molecular formula is C28H35Cl3O8. The summed E-state index contributed by atoms with van der Waals surface area (Å²) in [6, 6.07) is 5.07. The maximum absolute atomic E-state index is 11.1. The molecule has 0 bridgehead atoms. The fourth-order valence-electron chi connectivity index (χ4n) is 2.53. The Bertz CT molecular complexity index is 994. The maximum atomic E-state index is 11.1. The van der Waals surface area contributed by atoms with Gasteiger partial charge in [-0.3, -0.25) is 4.79 Å². The lowest BCUT2D eigenvalue weighted by Crippen LogP contribution is -2.25. The van der Waals surface area contributed by atoms with Crippen LogP contribution in [0.5, 0.6) is 0 Å². The SMILES string of the molecule is C=CCl.COC(=O)/C=C/C=C/C(=O)OC.COC(=O)C1C=CC(C)C(Cl)C1.COC(=O)c1ccc(C)c(Cl)c1. The van der Waals surface area contributed by atoms with Gasteiger partial charge in [-0.2, -0.15) is 0 Å². The molecule has 39 heavy (non-hydrogen) atoms. The normalized spacial score (nSPS) is 17.2. The van der Waals surface area contributed by atoms with Crippen molar-refractivity contribution in [3.8, 4) is 0 Å². The molecule has 0 saturated carbocycles. The molecule has 0 fully saturated rings. The van der Waals surface area contributed by atoms with Crippen molar-refractivity contribution in [3.63, 3.8) is 0 Å². The van der Waals surface area contributed by atoms with Crippen LogP contribution in [0.25, 0.3) is 0 Å². The van der Waals surface area contributed by atoms with Gasteiger partial charge in [-0.15, -0.1) is 11.6 Å². The summed E-state index contributed by atoms with van der Waals surface area (Å²) < 4.78 is 17.8. The summed E-state index contributed by atoms with van der Waals surface area (Å²) in [5.41, 5.74) is 2.65. The average Bonchev–Trinajstić information content (AvgIpc) is 2.93. The fraction of sp³-hybridized carbons (Fsp3) is 0.357. The first-order valence-electron chi connectivity index (χ1n) is 11.4. The number of benzene rings is 1. The molecule has 8 nitrogen and oxygen atoms in total. The van der Waals surface area contributed by atoms with E-state index in [4.69, 9.17) is 34.8 Å². The second-order valence-electron chi connectivity index (χ2n) is 7.50. The van der Waals surface area contributed by atoms with Gasteiger partial charge in [0.25, 0.3) is 0 Å². The lowest BCUT2D eigenvalue weighted by atomic mass is 9.89. The summed E-state index contributed by atoms with van der Waals surface area (Å²) in [7, 11) is 5.29. The zero-order valence-electron chi connectivity index (χ0n) is 22.8. The van der Waals surface area contributed by atoms with E-state index in [2.05, 4.69) is 25.5 Å². The van der Waals surface area contributed by atoms with Gasteiger partial charge in [0.2, 0.25) is 0 Å². The Morgan fingerprint density at radius 1 is 0.923 bits per heavy atom. The molecule has 216 valence electrons. The van der Waals surface area contributed by atoms with Gasteiger partial charge in [0.1, 0.15) is 0 Å². The molecule has 11 heteroatoms. The third-order valence-corrected chi connectivity index (χ3v) is 5.75. The Morgan fingerprint density at radius 3 is 1.82 bits per heavy atom. The highest BCUT2D eigenvalue weighted by molar-refractivity contribution is 6.31. The summed E-state index contributed by atoms with van der Waals surface area (Å²) in [4.78, 5) is 43.0. The molecule has 0 amide bonds. The first kappa shape index (κ1) is 38.1. The highest BCUT2D eigenvalue weighted by Gasteiger charge is 2.26. The van der Waals surface area contributed by atoms with Crippen LogP contribution in [0.1, 0.15) is 29.3 Å². The van der Waals surface area contributed by atoms with Crippen LogP contribution in [0.2, 0.25) is 5.02 Å². The third-order valence-electron chi connectivity index (χ3n) is 4.77. The minimum absolute atomic E-state index is 0.0547. The van der Waals surface area contributed by atoms with E-state index in [9.17, 15) is 19.2 Å². The second kappa shape index (κ2) is 22.9. The van der Waals surface area contributed by atoms with Crippen molar-refractivity contribution in [1.82, 2.24) is 0 Å². The first-order chi connectivity index (χ1) is 18.4. The summed E-state index contributed by atoms with van der Waals surface area (Å²) in [6.45, 7) is 7.05. The lowest BCUT2D eigenvalue weighted by molar-refractivity contribution is -0.144. The van der Waals surface area contributed by atoms with Gasteiger partial charge in [0.15, 0.2) is 0 Å². The summed E-state index contributed by atoms with van der Waals surface area (Å²) in [6.07, 6.45) is 9.72. The number of carbonyl (C=O) groups excluding carboxylic acids is 4. The van der Waals surface area contributed by atoms with Crippen LogP contribution in [0.15, 0.2) is 66.8 Å². The van der Waals surface area contributed by atoms with E-state index in [1.165, 1.54) is 58.3 Å². The molecule has 1 aromatic carbocycles. The van der Waals surface area contributed by atoms with Crippen molar-refractivity contribution in [1.29, 1.82) is 0 Å². The van der Waals surface area contributed by atoms with Gasteiger partial charge in [-0.25, -0.2) is 14.4 Å². The molecule has 0 heterocycles. The minimum Gasteiger partial charge on any atom is -0.469 e. The van der Waals surface area contributed by atoms with Gasteiger partial charge in [-0.05, 0) is 42.5 Å². The van der Waals surface area contributed by atoms with E-state index in [0.29, 0.717) is 22.9 Å².